The molecule has 1 N–H and O–H groups in total. The Balaban J connectivity index is 2.35. The lowest BCUT2D eigenvalue weighted by molar-refractivity contribution is 0.103. The van der Waals surface area contributed by atoms with Gasteiger partial charge < -0.3 is 5.11 Å². The number of benzene rings is 2. The zero-order chi connectivity index (χ0) is 13.1. The van der Waals surface area contributed by atoms with Crippen LogP contribution in [0.1, 0.15) is 28.4 Å². The fourth-order valence-electron chi connectivity index (χ4n) is 1.74. The number of halogens is 1. The summed E-state index contributed by atoms with van der Waals surface area (Å²) in [5.74, 6) is -0.0828. The van der Waals surface area contributed by atoms with Gasteiger partial charge in [-0.05, 0) is 30.2 Å². The lowest BCUT2D eigenvalue weighted by Gasteiger charge is -2.05. The second-order valence-corrected chi connectivity index (χ2v) is 4.45. The molecule has 92 valence electrons. The predicted octanol–water partition coefficient (Wildman–Crippen LogP) is 3.84. The molecule has 0 aliphatic carbocycles. The summed E-state index contributed by atoms with van der Waals surface area (Å²) in [5, 5.41) is 9.53. The maximum absolute atomic E-state index is 12.2. The lowest BCUT2D eigenvalue weighted by Crippen LogP contribution is -2.02. The van der Waals surface area contributed by atoms with Gasteiger partial charge in [-0.1, -0.05) is 42.8 Å². The van der Waals surface area contributed by atoms with E-state index in [0.717, 1.165) is 6.42 Å². The Kier molecular flexibility index (Phi) is 3.68. The van der Waals surface area contributed by atoms with Crippen molar-refractivity contribution < 1.29 is 9.90 Å². The van der Waals surface area contributed by atoms with Gasteiger partial charge in [0, 0.05) is 11.1 Å². The first-order valence-electron chi connectivity index (χ1n) is 5.74. The number of phenols is 1. The third kappa shape index (κ3) is 2.54. The van der Waals surface area contributed by atoms with Crippen LogP contribution in [0.5, 0.6) is 5.75 Å². The Hall–Kier alpha value is -1.80. The highest BCUT2D eigenvalue weighted by atomic mass is 35.5. The van der Waals surface area contributed by atoms with Crippen LogP contribution >= 0.6 is 11.6 Å². The molecule has 18 heavy (non-hydrogen) atoms. The van der Waals surface area contributed by atoms with Gasteiger partial charge in [-0.2, -0.15) is 0 Å². The number of aryl methyl sites for hydroxylation is 1. The minimum Gasteiger partial charge on any atom is -0.508 e. The molecule has 0 unspecified atom stereocenters. The van der Waals surface area contributed by atoms with E-state index in [0.29, 0.717) is 11.1 Å². The third-order valence-corrected chi connectivity index (χ3v) is 3.13. The average molecular weight is 261 g/mol. The van der Waals surface area contributed by atoms with Gasteiger partial charge >= 0.3 is 0 Å². The highest BCUT2D eigenvalue weighted by Gasteiger charge is 2.13. The number of aromatic hydroxyl groups is 1. The van der Waals surface area contributed by atoms with E-state index in [4.69, 9.17) is 11.6 Å². The van der Waals surface area contributed by atoms with E-state index in [-0.39, 0.29) is 16.6 Å². The van der Waals surface area contributed by atoms with Crippen molar-refractivity contribution in [3.05, 3.63) is 64.2 Å². The van der Waals surface area contributed by atoms with Gasteiger partial charge in [-0.15, -0.1) is 0 Å². The van der Waals surface area contributed by atoms with Gasteiger partial charge in [0.1, 0.15) is 5.75 Å². The first kappa shape index (κ1) is 12.7. The van der Waals surface area contributed by atoms with E-state index in [2.05, 4.69) is 6.92 Å². The summed E-state index contributed by atoms with van der Waals surface area (Å²) in [5.41, 5.74) is 2.18. The Morgan fingerprint density at radius 2 is 1.83 bits per heavy atom. The Bertz CT molecular complexity index is 574. The standard InChI is InChI=1S/C15H13ClO2/c1-2-10-3-5-11(6-4-10)15(18)13-8-7-12(17)9-14(13)16/h3-9,17H,2H2,1H3. The van der Waals surface area contributed by atoms with Gasteiger partial charge in [0.05, 0.1) is 5.02 Å². The van der Waals surface area contributed by atoms with Gasteiger partial charge in [-0.3, -0.25) is 4.79 Å². The average Bonchev–Trinajstić information content (AvgIpc) is 2.38. The Labute approximate surface area is 111 Å². The number of carbonyl (C=O) groups is 1. The lowest BCUT2D eigenvalue weighted by atomic mass is 10.0. The largest absolute Gasteiger partial charge is 0.508 e. The van der Waals surface area contributed by atoms with Crippen molar-refractivity contribution in [2.75, 3.05) is 0 Å². The Morgan fingerprint density at radius 1 is 1.17 bits per heavy atom. The van der Waals surface area contributed by atoms with E-state index < -0.39 is 0 Å². The van der Waals surface area contributed by atoms with Crippen LogP contribution in [0.25, 0.3) is 0 Å². The molecule has 2 nitrogen and oxygen atoms in total. The molecule has 2 rings (SSSR count). The second-order valence-electron chi connectivity index (χ2n) is 4.04. The maximum Gasteiger partial charge on any atom is 0.194 e. The summed E-state index contributed by atoms with van der Waals surface area (Å²) in [6, 6.07) is 11.8. The molecule has 0 atom stereocenters. The van der Waals surface area contributed by atoms with Gasteiger partial charge in [0.2, 0.25) is 0 Å². The van der Waals surface area contributed by atoms with Gasteiger partial charge in [-0.25, -0.2) is 0 Å². The molecule has 0 saturated carbocycles. The van der Waals surface area contributed by atoms with Crippen LogP contribution in [-0.4, -0.2) is 10.9 Å². The van der Waals surface area contributed by atoms with Crippen LogP contribution in [0, 0.1) is 0 Å². The van der Waals surface area contributed by atoms with Crippen molar-refractivity contribution in [3.8, 4) is 5.75 Å². The normalized spacial score (nSPS) is 10.3. The molecule has 0 aliphatic rings. The topological polar surface area (TPSA) is 37.3 Å². The first-order chi connectivity index (χ1) is 8.61. The summed E-state index contributed by atoms with van der Waals surface area (Å²) < 4.78 is 0. The smallest absolute Gasteiger partial charge is 0.194 e. The molecule has 0 amide bonds. The molecule has 0 saturated heterocycles. The molecular formula is C15H13ClO2. The van der Waals surface area contributed by atoms with Crippen molar-refractivity contribution in [2.24, 2.45) is 0 Å². The van der Waals surface area contributed by atoms with Gasteiger partial charge in [0.15, 0.2) is 5.78 Å². The number of hydrogen-bond donors (Lipinski definition) is 1. The molecule has 2 aromatic rings. The van der Waals surface area contributed by atoms with E-state index in [1.165, 1.54) is 23.8 Å². The summed E-state index contributed by atoms with van der Waals surface area (Å²) in [6.07, 6.45) is 0.939. The van der Waals surface area contributed by atoms with Crippen molar-refractivity contribution in [3.63, 3.8) is 0 Å². The van der Waals surface area contributed by atoms with Crippen molar-refractivity contribution in [1.29, 1.82) is 0 Å². The van der Waals surface area contributed by atoms with Crippen LogP contribution in [0.3, 0.4) is 0 Å². The molecular weight excluding hydrogens is 248 g/mol. The van der Waals surface area contributed by atoms with Crippen molar-refractivity contribution >= 4 is 17.4 Å². The molecule has 0 bridgehead atoms. The highest BCUT2D eigenvalue weighted by Crippen LogP contribution is 2.24. The SMILES string of the molecule is CCc1ccc(C(=O)c2ccc(O)cc2Cl)cc1. The molecule has 0 radical (unpaired) electrons. The monoisotopic (exact) mass is 260 g/mol. The third-order valence-electron chi connectivity index (χ3n) is 2.82. The second kappa shape index (κ2) is 5.23. The zero-order valence-electron chi connectivity index (χ0n) is 9.98. The summed E-state index contributed by atoms with van der Waals surface area (Å²) in [6.45, 7) is 2.06. The number of carbonyl (C=O) groups excluding carboxylic acids is 1. The molecule has 0 fully saturated rings. The molecule has 0 heterocycles. The quantitative estimate of drug-likeness (QED) is 0.852. The number of phenolic OH excluding ortho intramolecular Hbond substituents is 1. The summed E-state index contributed by atoms with van der Waals surface area (Å²) >= 11 is 5.95. The van der Waals surface area contributed by atoms with E-state index >= 15 is 0 Å². The Morgan fingerprint density at radius 3 is 2.39 bits per heavy atom. The first-order valence-corrected chi connectivity index (χ1v) is 6.11. The molecule has 0 aliphatic heterocycles. The number of ketones is 1. The fourth-order valence-corrected chi connectivity index (χ4v) is 2.00. The van der Waals surface area contributed by atoms with Crippen LogP contribution in [0.15, 0.2) is 42.5 Å². The highest BCUT2D eigenvalue weighted by molar-refractivity contribution is 6.35. The van der Waals surface area contributed by atoms with E-state index in [9.17, 15) is 9.90 Å². The number of rotatable bonds is 3. The van der Waals surface area contributed by atoms with Crippen molar-refractivity contribution in [2.45, 2.75) is 13.3 Å². The molecule has 2 aromatic carbocycles. The molecule has 3 heteroatoms. The van der Waals surface area contributed by atoms with Crippen LogP contribution in [0.4, 0.5) is 0 Å². The minimum atomic E-state index is -0.136. The maximum atomic E-state index is 12.2. The zero-order valence-corrected chi connectivity index (χ0v) is 10.7. The van der Waals surface area contributed by atoms with Gasteiger partial charge in [0.25, 0.3) is 0 Å². The van der Waals surface area contributed by atoms with Crippen LogP contribution in [0.2, 0.25) is 5.02 Å². The molecule has 0 spiro atoms. The van der Waals surface area contributed by atoms with E-state index in [1.54, 1.807) is 12.1 Å². The summed E-state index contributed by atoms with van der Waals surface area (Å²) in [7, 11) is 0. The minimum absolute atomic E-state index is 0.0536. The van der Waals surface area contributed by atoms with Crippen LogP contribution < -0.4 is 0 Å². The fraction of sp³-hybridized carbons (Fsp3) is 0.133. The summed E-state index contributed by atoms with van der Waals surface area (Å²) in [4.78, 5) is 12.2. The predicted molar refractivity (Wildman–Crippen MR) is 72.4 cm³/mol. The van der Waals surface area contributed by atoms with Crippen molar-refractivity contribution in [1.82, 2.24) is 0 Å². The molecule has 0 aromatic heterocycles. The van der Waals surface area contributed by atoms with E-state index in [1.807, 2.05) is 12.1 Å². The number of hydrogen-bond acceptors (Lipinski definition) is 2. The van der Waals surface area contributed by atoms with Crippen LogP contribution in [-0.2, 0) is 6.42 Å².